The van der Waals surface area contributed by atoms with Crippen LogP contribution in [0.1, 0.15) is 18.1 Å². The molecule has 1 saturated heterocycles. The summed E-state index contributed by atoms with van der Waals surface area (Å²) in [4.78, 5) is 27.2. The van der Waals surface area contributed by atoms with Gasteiger partial charge in [0.05, 0.1) is 20.6 Å². The fraction of sp³-hybridized carbons (Fsp3) is 0.115. The first-order valence-electron chi connectivity index (χ1n) is 10.7. The highest BCUT2D eigenvalue weighted by Gasteiger charge is 2.33. The van der Waals surface area contributed by atoms with Crippen molar-refractivity contribution in [2.24, 2.45) is 0 Å². The maximum absolute atomic E-state index is 13.0. The van der Waals surface area contributed by atoms with Gasteiger partial charge in [-0.25, -0.2) is 0 Å². The zero-order valence-corrected chi connectivity index (χ0v) is 21.7. The lowest BCUT2D eigenvalue weighted by Crippen LogP contribution is -2.27. The van der Waals surface area contributed by atoms with E-state index >= 15 is 0 Å². The normalized spacial score (nSPS) is 14.5. The zero-order chi connectivity index (χ0) is 24.9. The van der Waals surface area contributed by atoms with Crippen molar-refractivity contribution in [2.45, 2.75) is 13.3 Å². The molecule has 0 spiro atoms. The van der Waals surface area contributed by atoms with Gasteiger partial charge >= 0.3 is 0 Å². The molecule has 0 bridgehead atoms. The van der Waals surface area contributed by atoms with Gasteiger partial charge in [-0.05, 0) is 66.1 Å². The van der Waals surface area contributed by atoms with Crippen molar-refractivity contribution in [3.05, 3.63) is 92.8 Å². The van der Waals surface area contributed by atoms with Gasteiger partial charge in [0, 0.05) is 5.69 Å². The Morgan fingerprint density at radius 2 is 1.86 bits per heavy atom. The van der Waals surface area contributed by atoms with E-state index in [-0.39, 0.29) is 18.4 Å². The largest absolute Gasteiger partial charge is 0.484 e. The molecule has 1 heterocycles. The number of ether oxygens (including phenoxy) is 1. The molecule has 4 rings (SSSR count). The number of halogens is 2. The maximum atomic E-state index is 13.0. The van der Waals surface area contributed by atoms with Gasteiger partial charge < -0.3 is 10.1 Å². The highest BCUT2D eigenvalue weighted by atomic mass is 35.5. The summed E-state index contributed by atoms with van der Waals surface area (Å²) in [5, 5.41) is 3.55. The number of benzene rings is 3. The van der Waals surface area contributed by atoms with E-state index in [0.29, 0.717) is 36.4 Å². The lowest BCUT2D eigenvalue weighted by atomic mass is 10.1. The highest BCUT2D eigenvalue weighted by molar-refractivity contribution is 8.27. The molecule has 1 aliphatic heterocycles. The van der Waals surface area contributed by atoms with Gasteiger partial charge in [0.1, 0.15) is 5.75 Å². The number of nitrogens with one attached hydrogen (secondary N) is 1. The van der Waals surface area contributed by atoms with Crippen LogP contribution in [0.25, 0.3) is 6.08 Å². The third-order valence-corrected chi connectivity index (χ3v) is 7.17. The van der Waals surface area contributed by atoms with Crippen LogP contribution in [0.3, 0.4) is 0 Å². The van der Waals surface area contributed by atoms with E-state index in [1.807, 2.05) is 30.3 Å². The van der Waals surface area contributed by atoms with Crippen LogP contribution >= 0.6 is 47.2 Å². The lowest BCUT2D eigenvalue weighted by Gasteiger charge is -2.15. The van der Waals surface area contributed by atoms with Gasteiger partial charge in [-0.1, -0.05) is 78.4 Å². The summed E-state index contributed by atoms with van der Waals surface area (Å²) in [6, 6.07) is 19.8. The zero-order valence-electron chi connectivity index (χ0n) is 18.6. The Bertz CT molecular complexity index is 1330. The van der Waals surface area contributed by atoms with Gasteiger partial charge in [-0.15, -0.1) is 0 Å². The minimum absolute atomic E-state index is 0.140. The van der Waals surface area contributed by atoms with Gasteiger partial charge in [-0.2, -0.15) is 0 Å². The van der Waals surface area contributed by atoms with Crippen LogP contribution < -0.4 is 15.0 Å². The molecule has 2 amide bonds. The highest BCUT2D eigenvalue weighted by Crippen LogP contribution is 2.38. The summed E-state index contributed by atoms with van der Waals surface area (Å²) in [5.74, 6) is -0.00415. The molecule has 0 unspecified atom stereocenters. The molecular weight excluding hydrogens is 523 g/mol. The number of nitrogens with zero attached hydrogens (tertiary/aromatic N) is 1. The Labute approximate surface area is 223 Å². The van der Waals surface area contributed by atoms with Crippen molar-refractivity contribution >= 4 is 80.8 Å². The number of hydrogen-bond donors (Lipinski definition) is 1. The molecule has 9 heteroatoms. The minimum atomic E-state index is -0.262. The Morgan fingerprint density at radius 3 is 2.57 bits per heavy atom. The van der Waals surface area contributed by atoms with Crippen molar-refractivity contribution in [3.63, 3.8) is 0 Å². The molecule has 35 heavy (non-hydrogen) atoms. The van der Waals surface area contributed by atoms with Crippen molar-refractivity contribution in [2.75, 3.05) is 16.8 Å². The Balaban J connectivity index is 1.41. The quantitative estimate of drug-likeness (QED) is 0.257. The van der Waals surface area contributed by atoms with Crippen molar-refractivity contribution in [1.29, 1.82) is 0 Å². The van der Waals surface area contributed by atoms with Crippen LogP contribution in [0.4, 0.5) is 11.4 Å². The molecule has 178 valence electrons. The number of hydrogen-bond acceptors (Lipinski definition) is 5. The topological polar surface area (TPSA) is 58.6 Å². The van der Waals surface area contributed by atoms with Gasteiger partial charge in [-0.3, -0.25) is 14.5 Å². The lowest BCUT2D eigenvalue weighted by molar-refractivity contribution is -0.118. The van der Waals surface area contributed by atoms with Gasteiger partial charge in [0.2, 0.25) is 0 Å². The van der Waals surface area contributed by atoms with Crippen LogP contribution in [0.2, 0.25) is 10.0 Å². The molecule has 1 aliphatic rings. The average molecular weight is 543 g/mol. The molecule has 0 aliphatic carbocycles. The average Bonchev–Trinajstić information content (AvgIpc) is 3.13. The molecule has 0 atom stereocenters. The predicted octanol–water partition coefficient (Wildman–Crippen LogP) is 6.98. The molecule has 0 saturated carbocycles. The summed E-state index contributed by atoms with van der Waals surface area (Å²) in [6.45, 7) is 1.94. The second kappa shape index (κ2) is 11.3. The summed E-state index contributed by atoms with van der Waals surface area (Å²) in [6.07, 6.45) is 2.67. The summed E-state index contributed by atoms with van der Waals surface area (Å²) in [7, 11) is 0. The molecule has 3 aromatic rings. The van der Waals surface area contributed by atoms with E-state index in [0.717, 1.165) is 12.0 Å². The molecule has 0 radical (unpaired) electrons. The first-order valence-corrected chi connectivity index (χ1v) is 12.7. The van der Waals surface area contributed by atoms with E-state index in [4.69, 9.17) is 40.2 Å². The molecule has 1 fully saturated rings. The summed E-state index contributed by atoms with van der Waals surface area (Å²) in [5.41, 5.74) is 3.21. The number of thiocarbonyl (C=S) groups is 1. The number of anilines is 2. The van der Waals surface area contributed by atoms with E-state index in [1.54, 1.807) is 42.5 Å². The standard InChI is InChI=1S/C26H20Cl2N2O3S2/c1-2-16-6-8-18(9-7-16)29-24(31)15-33-20-5-3-4-17(12-20)13-23-25(32)30(26(34)35-23)19-10-11-21(27)22(28)14-19/h3-14H,2,15H2,1H3,(H,29,31)/b23-13-. The SMILES string of the molecule is CCc1ccc(NC(=O)COc2cccc(/C=C3\SC(=S)N(c4ccc(Cl)c(Cl)c4)C3=O)c2)cc1. The second-order valence-corrected chi connectivity index (χ2v) is 10.1. The van der Waals surface area contributed by atoms with Crippen LogP contribution in [-0.4, -0.2) is 22.7 Å². The smallest absolute Gasteiger partial charge is 0.270 e. The number of aryl methyl sites for hydroxylation is 1. The minimum Gasteiger partial charge on any atom is -0.484 e. The number of rotatable bonds is 7. The second-order valence-electron chi connectivity index (χ2n) is 7.58. The van der Waals surface area contributed by atoms with E-state index < -0.39 is 0 Å². The predicted molar refractivity (Wildman–Crippen MR) is 149 cm³/mol. The fourth-order valence-electron chi connectivity index (χ4n) is 3.33. The van der Waals surface area contributed by atoms with Crippen LogP contribution in [0.5, 0.6) is 5.75 Å². The number of carbonyl (C=O) groups is 2. The molecule has 3 aromatic carbocycles. The van der Waals surface area contributed by atoms with E-state index in [2.05, 4.69) is 12.2 Å². The first kappa shape index (κ1) is 25.3. The molecule has 0 aromatic heterocycles. The molecular formula is C26H20Cl2N2O3S2. The van der Waals surface area contributed by atoms with Crippen molar-refractivity contribution < 1.29 is 14.3 Å². The maximum Gasteiger partial charge on any atom is 0.270 e. The van der Waals surface area contributed by atoms with Gasteiger partial charge in [0.15, 0.2) is 10.9 Å². The van der Waals surface area contributed by atoms with Crippen molar-refractivity contribution in [3.8, 4) is 5.75 Å². The van der Waals surface area contributed by atoms with Crippen molar-refractivity contribution in [1.82, 2.24) is 0 Å². The number of carbonyl (C=O) groups excluding carboxylic acids is 2. The van der Waals surface area contributed by atoms with Crippen LogP contribution in [0.15, 0.2) is 71.6 Å². The molecule has 5 nitrogen and oxygen atoms in total. The Kier molecular flexibility index (Phi) is 8.13. The molecule has 1 N–H and O–H groups in total. The number of thioether (sulfide) groups is 1. The van der Waals surface area contributed by atoms with Gasteiger partial charge in [0.25, 0.3) is 11.8 Å². The third kappa shape index (κ3) is 6.24. The number of amides is 2. The monoisotopic (exact) mass is 542 g/mol. The van der Waals surface area contributed by atoms with E-state index in [1.165, 1.54) is 22.2 Å². The fourth-order valence-corrected chi connectivity index (χ4v) is 4.92. The summed E-state index contributed by atoms with van der Waals surface area (Å²) < 4.78 is 6.06. The van der Waals surface area contributed by atoms with Crippen LogP contribution in [0, 0.1) is 0 Å². The summed E-state index contributed by atoms with van der Waals surface area (Å²) >= 11 is 18.7. The van der Waals surface area contributed by atoms with E-state index in [9.17, 15) is 9.59 Å². The third-order valence-electron chi connectivity index (χ3n) is 5.13. The van der Waals surface area contributed by atoms with Crippen LogP contribution in [-0.2, 0) is 16.0 Å². The Hall–Kier alpha value is -2.84. The Morgan fingerprint density at radius 1 is 1.09 bits per heavy atom. The first-order chi connectivity index (χ1) is 16.8.